The Labute approximate surface area is 140 Å². The maximum absolute atomic E-state index is 11.8. The Morgan fingerprint density at radius 2 is 1.95 bits per heavy atom. The van der Waals surface area contributed by atoms with E-state index >= 15 is 0 Å². The van der Waals surface area contributed by atoms with Gasteiger partial charge in [0.15, 0.2) is 0 Å². The van der Waals surface area contributed by atoms with Gasteiger partial charge in [0.25, 0.3) is 0 Å². The number of nitrogens with one attached hydrogen (secondary N) is 2. The minimum Gasteiger partial charge on any atom is -0.318 e. The van der Waals surface area contributed by atoms with Crippen molar-refractivity contribution in [1.29, 1.82) is 0 Å². The van der Waals surface area contributed by atoms with Crippen molar-refractivity contribution in [3.63, 3.8) is 0 Å². The van der Waals surface area contributed by atoms with Crippen molar-refractivity contribution in [2.75, 3.05) is 5.32 Å². The molecule has 0 atom stereocenters. The van der Waals surface area contributed by atoms with Crippen molar-refractivity contribution < 1.29 is 9.59 Å². The molecule has 1 heterocycles. The van der Waals surface area contributed by atoms with Gasteiger partial charge in [0.2, 0.25) is 0 Å². The number of carbonyl (C=O) groups excluding carboxylic acids is 2. The first-order chi connectivity index (χ1) is 10.5. The van der Waals surface area contributed by atoms with Crippen LogP contribution in [0.25, 0.3) is 0 Å². The highest BCUT2D eigenvalue weighted by molar-refractivity contribution is 9.10. The molecule has 2 aromatic rings. The van der Waals surface area contributed by atoms with Crippen LogP contribution in [0.4, 0.5) is 5.69 Å². The van der Waals surface area contributed by atoms with E-state index in [9.17, 15) is 9.59 Å². The number of benzene rings is 1. The second-order valence-electron chi connectivity index (χ2n) is 4.62. The number of rotatable bonds is 3. The fourth-order valence-corrected chi connectivity index (χ4v) is 2.91. The molecule has 0 aliphatic heterocycles. The predicted molar refractivity (Wildman–Crippen MR) is 92.3 cm³/mol. The molecule has 0 radical (unpaired) electrons. The molecule has 0 bridgehead atoms. The zero-order valence-electron chi connectivity index (χ0n) is 12.0. The molecule has 0 saturated carbocycles. The number of amides is 2. The normalized spacial score (nSPS) is 10.7. The minimum absolute atomic E-state index is 0.578. The molecule has 0 saturated heterocycles. The van der Waals surface area contributed by atoms with E-state index in [-0.39, 0.29) is 0 Å². The first-order valence-electron chi connectivity index (χ1n) is 6.41. The summed E-state index contributed by atoms with van der Waals surface area (Å²) in [5.74, 6) is -1.57. The number of thiophene rings is 1. The first-order valence-corrected chi connectivity index (χ1v) is 8.08. The zero-order valence-corrected chi connectivity index (χ0v) is 14.4. The van der Waals surface area contributed by atoms with Crippen LogP contribution >= 0.6 is 27.3 Å². The number of aryl methyl sites for hydroxylation is 2. The van der Waals surface area contributed by atoms with Crippen molar-refractivity contribution in [1.82, 2.24) is 5.43 Å². The van der Waals surface area contributed by atoms with Crippen molar-refractivity contribution in [2.24, 2.45) is 5.10 Å². The van der Waals surface area contributed by atoms with Gasteiger partial charge >= 0.3 is 11.8 Å². The van der Waals surface area contributed by atoms with Crippen molar-refractivity contribution in [2.45, 2.75) is 13.8 Å². The van der Waals surface area contributed by atoms with E-state index in [1.807, 2.05) is 37.4 Å². The Morgan fingerprint density at radius 3 is 2.59 bits per heavy atom. The van der Waals surface area contributed by atoms with Crippen LogP contribution in [0.3, 0.4) is 0 Å². The van der Waals surface area contributed by atoms with Gasteiger partial charge in [-0.3, -0.25) is 9.59 Å². The largest absolute Gasteiger partial charge is 0.329 e. The van der Waals surface area contributed by atoms with Gasteiger partial charge in [-0.25, -0.2) is 5.43 Å². The molecule has 2 rings (SSSR count). The van der Waals surface area contributed by atoms with E-state index in [4.69, 9.17) is 0 Å². The Morgan fingerprint density at radius 1 is 1.18 bits per heavy atom. The predicted octanol–water partition coefficient (Wildman–Crippen LogP) is 3.22. The number of nitrogens with zero attached hydrogens (tertiary/aromatic N) is 1. The summed E-state index contributed by atoms with van der Waals surface area (Å²) in [5, 5.41) is 8.18. The van der Waals surface area contributed by atoms with Crippen LogP contribution in [0.15, 0.2) is 39.2 Å². The second-order valence-corrected chi connectivity index (χ2v) is 6.48. The molecule has 2 amide bonds. The lowest BCUT2D eigenvalue weighted by molar-refractivity contribution is -0.136. The van der Waals surface area contributed by atoms with Gasteiger partial charge in [0.1, 0.15) is 0 Å². The average molecular weight is 380 g/mol. The molecule has 1 aromatic heterocycles. The molecule has 7 heteroatoms. The van der Waals surface area contributed by atoms with Crippen LogP contribution in [-0.4, -0.2) is 18.0 Å². The second kappa shape index (κ2) is 7.33. The van der Waals surface area contributed by atoms with Gasteiger partial charge < -0.3 is 5.32 Å². The highest BCUT2D eigenvalue weighted by atomic mass is 79.9. The molecule has 1 aromatic carbocycles. The summed E-state index contributed by atoms with van der Waals surface area (Å²) in [5.41, 5.74) is 4.94. The van der Waals surface area contributed by atoms with Gasteiger partial charge in [-0.1, -0.05) is 6.07 Å². The Kier molecular flexibility index (Phi) is 5.46. The molecular weight excluding hydrogens is 366 g/mol. The quantitative estimate of drug-likeness (QED) is 0.488. The van der Waals surface area contributed by atoms with Gasteiger partial charge in [-0.05, 0) is 59.1 Å². The number of anilines is 1. The van der Waals surface area contributed by atoms with Crippen LogP contribution in [0.1, 0.15) is 16.0 Å². The third-order valence-electron chi connectivity index (χ3n) is 2.92. The van der Waals surface area contributed by atoms with Crippen molar-refractivity contribution in [3.05, 3.63) is 50.1 Å². The van der Waals surface area contributed by atoms with Gasteiger partial charge in [-0.2, -0.15) is 5.10 Å². The van der Waals surface area contributed by atoms with Crippen LogP contribution in [-0.2, 0) is 9.59 Å². The highest BCUT2D eigenvalue weighted by Gasteiger charge is 2.13. The Hall–Kier alpha value is -1.99. The van der Waals surface area contributed by atoms with E-state index < -0.39 is 11.8 Å². The molecule has 0 unspecified atom stereocenters. The molecule has 114 valence electrons. The molecule has 5 nitrogen and oxygen atoms in total. The highest BCUT2D eigenvalue weighted by Crippen LogP contribution is 2.17. The topological polar surface area (TPSA) is 70.6 Å². The van der Waals surface area contributed by atoms with E-state index in [1.54, 1.807) is 6.07 Å². The summed E-state index contributed by atoms with van der Waals surface area (Å²) in [6, 6.07) is 7.30. The summed E-state index contributed by atoms with van der Waals surface area (Å²) in [4.78, 5) is 24.3. The molecule has 0 spiro atoms. The first kappa shape index (κ1) is 16.4. The maximum atomic E-state index is 11.8. The summed E-state index contributed by atoms with van der Waals surface area (Å²) < 4.78 is 0.942. The summed E-state index contributed by atoms with van der Waals surface area (Å²) in [6.45, 7) is 3.92. The number of hydrogen-bond acceptors (Lipinski definition) is 4. The van der Waals surface area contributed by atoms with Crippen molar-refractivity contribution in [3.8, 4) is 0 Å². The lowest BCUT2D eigenvalue weighted by atomic mass is 10.1. The molecule has 2 N–H and O–H groups in total. The minimum atomic E-state index is -0.815. The average Bonchev–Trinajstić information content (AvgIpc) is 2.88. The Bertz CT molecular complexity index is 740. The standard InChI is InChI=1S/C15H14BrN3O2S/c1-9-3-4-12(5-10(9)2)18-14(20)15(21)19-17-7-13-6-11(16)8-22-13/h3-8H,1-2H3,(H,18,20)(H,19,21). The van der Waals surface area contributed by atoms with Crippen LogP contribution in [0, 0.1) is 13.8 Å². The number of hydrogen-bond donors (Lipinski definition) is 2. The van der Waals surface area contributed by atoms with Gasteiger partial charge in [0, 0.05) is 20.4 Å². The van der Waals surface area contributed by atoms with Gasteiger partial charge in [0.05, 0.1) is 6.21 Å². The third-order valence-corrected chi connectivity index (χ3v) is 4.54. The van der Waals surface area contributed by atoms with Gasteiger partial charge in [-0.15, -0.1) is 11.3 Å². The van der Waals surface area contributed by atoms with E-state index in [2.05, 4.69) is 31.8 Å². The summed E-state index contributed by atoms with van der Waals surface area (Å²) in [6.07, 6.45) is 1.48. The fourth-order valence-electron chi connectivity index (χ4n) is 1.61. The summed E-state index contributed by atoms with van der Waals surface area (Å²) >= 11 is 4.79. The smallest absolute Gasteiger partial charge is 0.318 e. The molecule has 0 fully saturated rings. The van der Waals surface area contributed by atoms with Crippen LogP contribution in [0.5, 0.6) is 0 Å². The zero-order chi connectivity index (χ0) is 16.1. The van der Waals surface area contributed by atoms with Crippen LogP contribution in [0.2, 0.25) is 0 Å². The monoisotopic (exact) mass is 379 g/mol. The van der Waals surface area contributed by atoms with E-state index in [1.165, 1.54) is 17.6 Å². The van der Waals surface area contributed by atoms with E-state index in [0.717, 1.165) is 20.5 Å². The molecule has 0 aliphatic rings. The number of halogens is 1. The lowest BCUT2D eigenvalue weighted by Crippen LogP contribution is -2.32. The maximum Gasteiger partial charge on any atom is 0.329 e. The van der Waals surface area contributed by atoms with Crippen molar-refractivity contribution >= 4 is 51.0 Å². The fraction of sp³-hybridized carbons (Fsp3) is 0.133. The Balaban J connectivity index is 1.90. The van der Waals surface area contributed by atoms with E-state index in [0.29, 0.717) is 5.69 Å². The lowest BCUT2D eigenvalue weighted by Gasteiger charge is -2.06. The molecule has 22 heavy (non-hydrogen) atoms. The number of carbonyl (C=O) groups is 2. The number of hydrazone groups is 1. The molecular formula is C15H14BrN3O2S. The SMILES string of the molecule is Cc1ccc(NC(=O)C(=O)NN=Cc2cc(Br)cs2)cc1C. The van der Waals surface area contributed by atoms with Crippen LogP contribution < -0.4 is 10.7 Å². The summed E-state index contributed by atoms with van der Waals surface area (Å²) in [7, 11) is 0. The molecule has 0 aliphatic carbocycles. The third kappa shape index (κ3) is 4.51.